The largest absolute Gasteiger partial charge is 0.294 e. The lowest BCUT2D eigenvalue weighted by atomic mass is 10.1. The average molecular weight is 316 g/mol. The lowest BCUT2D eigenvalue weighted by Crippen LogP contribution is -1.97. The van der Waals surface area contributed by atoms with Gasteiger partial charge in [0, 0.05) is 23.0 Å². The van der Waals surface area contributed by atoms with Crippen LogP contribution < -0.4 is 0 Å². The highest BCUT2D eigenvalue weighted by molar-refractivity contribution is 5.86. The Balaban J connectivity index is 3.98. The molecule has 0 amide bonds. The molecule has 0 atom stereocenters. The van der Waals surface area contributed by atoms with Crippen molar-refractivity contribution in [1.82, 2.24) is 4.57 Å². The maximum absolute atomic E-state index is 4.55. The molecule has 0 aliphatic rings. The summed E-state index contributed by atoms with van der Waals surface area (Å²) in [6.45, 7) is 21.1. The number of allylic oxidation sites excluding steroid dienone is 8. The fourth-order valence-corrected chi connectivity index (χ4v) is 2.36. The minimum absolute atomic E-state index is 0.759. The molecule has 1 heterocycles. The SMILES string of the molecule is C=CC=Nc1c(C=C)c(/C=C\C=C)c(C=C)n1C(/C=C\C)=C/C=C. The first-order chi connectivity index (χ1) is 11.7. The zero-order valence-corrected chi connectivity index (χ0v) is 14.3. The first-order valence-electron chi connectivity index (χ1n) is 7.63. The predicted molar refractivity (Wildman–Crippen MR) is 111 cm³/mol. The van der Waals surface area contributed by atoms with Crippen LogP contribution >= 0.6 is 0 Å². The summed E-state index contributed by atoms with van der Waals surface area (Å²) < 4.78 is 2.02. The van der Waals surface area contributed by atoms with E-state index in [0.717, 1.165) is 28.3 Å². The summed E-state index contributed by atoms with van der Waals surface area (Å²) in [5.74, 6) is 0.759. The van der Waals surface area contributed by atoms with Crippen LogP contribution in [0, 0.1) is 0 Å². The number of nitrogens with zero attached hydrogens (tertiary/aromatic N) is 2. The topological polar surface area (TPSA) is 17.3 Å². The first kappa shape index (κ1) is 18.9. The Bertz CT molecular complexity index is 762. The lowest BCUT2D eigenvalue weighted by molar-refractivity contribution is 1.09. The standard InChI is InChI=1S/C22H24N2/c1-7-13-16-20-19(11-5)22(23-17-10-4)24(21(20)12-6)18(14-8-2)15-9-3/h7-17H,1-2,4-6H2,3H3/b15-9-,16-13-,18-14+,23-17?. The molecule has 0 bridgehead atoms. The van der Waals surface area contributed by atoms with Gasteiger partial charge in [-0.1, -0.05) is 75.4 Å². The Kier molecular flexibility index (Phi) is 7.72. The van der Waals surface area contributed by atoms with Gasteiger partial charge in [0.05, 0.1) is 5.69 Å². The third-order valence-corrected chi connectivity index (χ3v) is 3.24. The summed E-state index contributed by atoms with van der Waals surface area (Å²) >= 11 is 0. The number of aromatic nitrogens is 1. The summed E-state index contributed by atoms with van der Waals surface area (Å²) in [4.78, 5) is 4.55. The van der Waals surface area contributed by atoms with E-state index in [0.29, 0.717) is 0 Å². The fraction of sp³-hybridized carbons (Fsp3) is 0.0455. The minimum atomic E-state index is 0.759. The van der Waals surface area contributed by atoms with E-state index in [2.05, 4.69) is 37.9 Å². The molecule has 0 aliphatic carbocycles. The van der Waals surface area contributed by atoms with Gasteiger partial charge < -0.3 is 0 Å². The molecule has 1 aromatic heterocycles. The quantitative estimate of drug-likeness (QED) is 0.367. The highest BCUT2D eigenvalue weighted by Gasteiger charge is 2.18. The molecule has 0 spiro atoms. The highest BCUT2D eigenvalue weighted by Crippen LogP contribution is 2.36. The Hall–Kier alpha value is -3.13. The molecule has 0 aliphatic heterocycles. The maximum Gasteiger partial charge on any atom is 0.145 e. The first-order valence-corrected chi connectivity index (χ1v) is 7.63. The molecule has 0 N–H and O–H groups in total. The van der Waals surface area contributed by atoms with Crippen LogP contribution in [0.5, 0.6) is 0 Å². The molecule has 0 saturated carbocycles. The van der Waals surface area contributed by atoms with E-state index in [9.17, 15) is 0 Å². The second-order valence-corrected chi connectivity index (χ2v) is 4.72. The van der Waals surface area contributed by atoms with Gasteiger partial charge in [-0.15, -0.1) is 0 Å². The van der Waals surface area contributed by atoms with Crippen LogP contribution in [0.1, 0.15) is 23.7 Å². The van der Waals surface area contributed by atoms with Gasteiger partial charge in [0.2, 0.25) is 0 Å². The van der Waals surface area contributed by atoms with Crippen molar-refractivity contribution in [3.8, 4) is 0 Å². The fourth-order valence-electron chi connectivity index (χ4n) is 2.36. The Morgan fingerprint density at radius 1 is 0.958 bits per heavy atom. The molecule has 0 radical (unpaired) electrons. The molecule has 2 heteroatoms. The van der Waals surface area contributed by atoms with Crippen molar-refractivity contribution >= 4 is 36.0 Å². The van der Waals surface area contributed by atoms with Crippen molar-refractivity contribution in [1.29, 1.82) is 0 Å². The predicted octanol–water partition coefficient (Wildman–Crippen LogP) is 6.46. The molecular weight excluding hydrogens is 292 g/mol. The third-order valence-electron chi connectivity index (χ3n) is 3.24. The summed E-state index contributed by atoms with van der Waals surface area (Å²) in [5.41, 5.74) is 3.75. The van der Waals surface area contributed by atoms with E-state index >= 15 is 0 Å². The van der Waals surface area contributed by atoms with Gasteiger partial charge in [0.25, 0.3) is 0 Å². The second-order valence-electron chi connectivity index (χ2n) is 4.72. The van der Waals surface area contributed by atoms with Gasteiger partial charge in [-0.3, -0.25) is 4.57 Å². The smallest absolute Gasteiger partial charge is 0.145 e. The normalized spacial score (nSPS) is 12.1. The van der Waals surface area contributed by atoms with E-state index in [4.69, 9.17) is 0 Å². The Morgan fingerprint density at radius 2 is 1.71 bits per heavy atom. The van der Waals surface area contributed by atoms with Crippen LogP contribution in [0.4, 0.5) is 5.82 Å². The average Bonchev–Trinajstić information content (AvgIpc) is 2.89. The van der Waals surface area contributed by atoms with Crippen LogP contribution in [-0.2, 0) is 0 Å². The summed E-state index contributed by atoms with van der Waals surface area (Å²) in [5, 5.41) is 0. The second kappa shape index (κ2) is 9.80. The molecule has 0 fully saturated rings. The van der Waals surface area contributed by atoms with E-state index in [1.165, 1.54) is 0 Å². The number of hydrogen-bond acceptors (Lipinski definition) is 1. The monoisotopic (exact) mass is 316 g/mol. The van der Waals surface area contributed by atoms with Gasteiger partial charge in [-0.05, 0) is 25.2 Å². The van der Waals surface area contributed by atoms with Gasteiger partial charge in [-0.2, -0.15) is 0 Å². The molecule has 1 aromatic rings. The highest BCUT2D eigenvalue weighted by atomic mass is 15.1. The van der Waals surface area contributed by atoms with Crippen LogP contribution in [0.25, 0.3) is 23.9 Å². The van der Waals surface area contributed by atoms with Crippen molar-refractivity contribution in [2.45, 2.75) is 6.92 Å². The van der Waals surface area contributed by atoms with Crippen LogP contribution in [0.3, 0.4) is 0 Å². The van der Waals surface area contributed by atoms with Gasteiger partial charge in [-0.25, -0.2) is 4.99 Å². The summed E-state index contributed by atoms with van der Waals surface area (Å²) in [6.07, 6.45) is 20.1. The van der Waals surface area contributed by atoms with E-state index in [1.807, 2.05) is 47.9 Å². The van der Waals surface area contributed by atoms with Crippen molar-refractivity contribution in [2.24, 2.45) is 4.99 Å². The number of rotatable bonds is 9. The summed E-state index contributed by atoms with van der Waals surface area (Å²) in [6, 6.07) is 0. The zero-order valence-electron chi connectivity index (χ0n) is 14.3. The van der Waals surface area contributed by atoms with Crippen LogP contribution in [0.2, 0.25) is 0 Å². The van der Waals surface area contributed by atoms with Crippen molar-refractivity contribution in [2.75, 3.05) is 0 Å². The molecule has 122 valence electrons. The van der Waals surface area contributed by atoms with E-state index in [1.54, 1.807) is 30.5 Å². The molecular formula is C22H24N2. The zero-order chi connectivity index (χ0) is 17.9. The maximum atomic E-state index is 4.55. The Labute approximate surface area is 145 Å². The third kappa shape index (κ3) is 3.99. The molecule has 0 unspecified atom stereocenters. The number of aliphatic imine (C=N–C) groups is 1. The van der Waals surface area contributed by atoms with Gasteiger partial charge in [0.1, 0.15) is 5.82 Å². The molecule has 0 aromatic carbocycles. The summed E-state index contributed by atoms with van der Waals surface area (Å²) in [7, 11) is 0. The van der Waals surface area contributed by atoms with E-state index < -0.39 is 0 Å². The van der Waals surface area contributed by atoms with Crippen molar-refractivity contribution in [3.63, 3.8) is 0 Å². The van der Waals surface area contributed by atoms with Gasteiger partial charge in [0.15, 0.2) is 0 Å². The van der Waals surface area contributed by atoms with E-state index in [-0.39, 0.29) is 0 Å². The van der Waals surface area contributed by atoms with Crippen molar-refractivity contribution in [3.05, 3.63) is 92.2 Å². The molecule has 0 saturated heterocycles. The molecule has 1 rings (SSSR count). The lowest BCUT2D eigenvalue weighted by Gasteiger charge is -2.10. The van der Waals surface area contributed by atoms with Crippen LogP contribution in [-0.4, -0.2) is 10.8 Å². The molecule has 24 heavy (non-hydrogen) atoms. The van der Waals surface area contributed by atoms with Gasteiger partial charge >= 0.3 is 0 Å². The van der Waals surface area contributed by atoms with Crippen molar-refractivity contribution < 1.29 is 0 Å². The molecule has 2 nitrogen and oxygen atoms in total. The van der Waals surface area contributed by atoms with Crippen LogP contribution in [0.15, 0.2) is 80.4 Å². The Morgan fingerprint density at radius 3 is 2.21 bits per heavy atom. The minimum Gasteiger partial charge on any atom is -0.294 e. The number of hydrogen-bond donors (Lipinski definition) is 0.